The predicted molar refractivity (Wildman–Crippen MR) is 98.0 cm³/mol. The molecule has 9 heteroatoms. The number of piperazine rings is 1. The van der Waals surface area contributed by atoms with Crippen molar-refractivity contribution in [1.29, 1.82) is 0 Å². The minimum absolute atomic E-state index is 0.222. The van der Waals surface area contributed by atoms with Crippen LogP contribution in [0.1, 0.15) is 33.5 Å². The Hall–Kier alpha value is -2.32. The number of hydrogen-bond acceptors (Lipinski definition) is 7. The summed E-state index contributed by atoms with van der Waals surface area (Å²) >= 11 is 0. The number of hydrogen-bond donors (Lipinski definition) is 1. The van der Waals surface area contributed by atoms with Gasteiger partial charge in [-0.2, -0.15) is 0 Å². The SMILES string of the molecule is CCc1nncn1CCNC1=NCC2CN(C(=O)OC(C)(C)C)CCN12. The summed E-state index contributed by atoms with van der Waals surface area (Å²) in [5, 5.41) is 11.5. The zero-order valence-electron chi connectivity index (χ0n) is 16.1. The lowest BCUT2D eigenvalue weighted by Gasteiger charge is -2.39. The van der Waals surface area contributed by atoms with Gasteiger partial charge in [-0.05, 0) is 20.8 Å². The lowest BCUT2D eigenvalue weighted by molar-refractivity contribution is 0.0137. The number of amides is 1. The van der Waals surface area contributed by atoms with Crippen LogP contribution in [0.3, 0.4) is 0 Å². The topological polar surface area (TPSA) is 87.9 Å². The number of aryl methyl sites for hydroxylation is 1. The standard InChI is InChI=1S/C17H29N7O2/c1-5-14-21-20-12-23(14)7-6-18-15-19-10-13-11-22(8-9-24(13)15)16(25)26-17(2,3)4/h12-13H,5-11H2,1-4H3,(H,18,19). The third kappa shape index (κ3) is 4.25. The summed E-state index contributed by atoms with van der Waals surface area (Å²) in [6.07, 6.45) is 2.40. The van der Waals surface area contributed by atoms with Crippen molar-refractivity contribution >= 4 is 12.1 Å². The molecule has 1 aromatic rings. The minimum atomic E-state index is -0.466. The van der Waals surface area contributed by atoms with Crippen LogP contribution in [0, 0.1) is 0 Å². The van der Waals surface area contributed by atoms with Crippen LogP contribution < -0.4 is 5.32 Å². The van der Waals surface area contributed by atoms with Gasteiger partial charge in [0.15, 0.2) is 5.96 Å². The number of ether oxygens (including phenoxy) is 1. The number of nitrogens with one attached hydrogen (secondary N) is 1. The number of fused-ring (bicyclic) bond motifs is 1. The fourth-order valence-electron chi connectivity index (χ4n) is 3.25. The lowest BCUT2D eigenvalue weighted by Crippen LogP contribution is -2.57. The van der Waals surface area contributed by atoms with E-state index in [1.54, 1.807) is 11.2 Å². The number of carbonyl (C=O) groups is 1. The first kappa shape index (κ1) is 18.5. The van der Waals surface area contributed by atoms with E-state index in [4.69, 9.17) is 4.74 Å². The Kier molecular flexibility index (Phi) is 5.33. The highest BCUT2D eigenvalue weighted by Crippen LogP contribution is 2.18. The van der Waals surface area contributed by atoms with E-state index in [0.29, 0.717) is 19.6 Å². The fraction of sp³-hybridized carbons (Fsp3) is 0.765. The molecular weight excluding hydrogens is 334 g/mol. The summed E-state index contributed by atoms with van der Waals surface area (Å²) in [7, 11) is 0. The molecule has 0 aliphatic carbocycles. The molecule has 1 saturated heterocycles. The van der Waals surface area contributed by atoms with Crippen molar-refractivity contribution in [3.05, 3.63) is 12.2 Å². The van der Waals surface area contributed by atoms with Crippen LogP contribution in [0.2, 0.25) is 0 Å². The molecule has 1 fully saturated rings. The van der Waals surface area contributed by atoms with Crippen molar-refractivity contribution < 1.29 is 9.53 Å². The highest BCUT2D eigenvalue weighted by atomic mass is 16.6. The number of rotatable bonds is 4. The normalized spacial score (nSPS) is 20.0. The van der Waals surface area contributed by atoms with Crippen LogP contribution in [0.25, 0.3) is 0 Å². The largest absolute Gasteiger partial charge is 0.444 e. The van der Waals surface area contributed by atoms with Crippen molar-refractivity contribution in [2.75, 3.05) is 32.7 Å². The van der Waals surface area contributed by atoms with E-state index in [2.05, 4.69) is 36.9 Å². The molecule has 0 saturated carbocycles. The Balaban J connectivity index is 1.47. The van der Waals surface area contributed by atoms with E-state index in [0.717, 1.165) is 37.8 Å². The molecule has 1 atom stereocenters. The maximum absolute atomic E-state index is 12.3. The average molecular weight is 363 g/mol. The molecule has 0 aromatic carbocycles. The Morgan fingerprint density at radius 2 is 2.19 bits per heavy atom. The first-order valence-electron chi connectivity index (χ1n) is 9.27. The maximum atomic E-state index is 12.3. The minimum Gasteiger partial charge on any atom is -0.444 e. The third-order valence-electron chi connectivity index (χ3n) is 4.51. The second kappa shape index (κ2) is 7.51. The molecule has 2 aliphatic rings. The number of aliphatic imine (C=N–C) groups is 1. The molecule has 9 nitrogen and oxygen atoms in total. The molecule has 3 heterocycles. The van der Waals surface area contributed by atoms with E-state index < -0.39 is 5.60 Å². The second-order valence-corrected chi connectivity index (χ2v) is 7.66. The predicted octanol–water partition coefficient (Wildman–Crippen LogP) is 0.721. The van der Waals surface area contributed by atoms with Crippen LogP contribution in [-0.4, -0.2) is 81.0 Å². The van der Waals surface area contributed by atoms with Gasteiger partial charge in [0, 0.05) is 39.1 Å². The van der Waals surface area contributed by atoms with Crippen LogP contribution in [-0.2, 0) is 17.7 Å². The Bertz CT molecular complexity index is 664. The Labute approximate surface area is 154 Å². The van der Waals surface area contributed by atoms with E-state index >= 15 is 0 Å². The Morgan fingerprint density at radius 1 is 1.38 bits per heavy atom. The molecule has 26 heavy (non-hydrogen) atoms. The van der Waals surface area contributed by atoms with Gasteiger partial charge in [0.1, 0.15) is 17.8 Å². The second-order valence-electron chi connectivity index (χ2n) is 7.66. The van der Waals surface area contributed by atoms with Gasteiger partial charge in [0.05, 0.1) is 12.6 Å². The van der Waals surface area contributed by atoms with Gasteiger partial charge < -0.3 is 24.4 Å². The quantitative estimate of drug-likeness (QED) is 0.848. The summed E-state index contributed by atoms with van der Waals surface area (Å²) < 4.78 is 7.54. The monoisotopic (exact) mass is 363 g/mol. The number of guanidine groups is 1. The summed E-state index contributed by atoms with van der Waals surface area (Å²) in [4.78, 5) is 20.9. The van der Waals surface area contributed by atoms with Gasteiger partial charge in [0.25, 0.3) is 0 Å². The highest BCUT2D eigenvalue weighted by Gasteiger charge is 2.36. The van der Waals surface area contributed by atoms with E-state index in [-0.39, 0.29) is 12.1 Å². The molecule has 144 valence electrons. The Morgan fingerprint density at radius 3 is 2.92 bits per heavy atom. The molecule has 1 amide bonds. The smallest absolute Gasteiger partial charge is 0.410 e. The first-order valence-corrected chi connectivity index (χ1v) is 9.27. The van der Waals surface area contributed by atoms with Gasteiger partial charge in [-0.1, -0.05) is 6.92 Å². The van der Waals surface area contributed by atoms with Crippen molar-refractivity contribution in [1.82, 2.24) is 29.9 Å². The molecule has 0 radical (unpaired) electrons. The average Bonchev–Trinajstić information content (AvgIpc) is 3.19. The summed E-state index contributed by atoms with van der Waals surface area (Å²) in [6.45, 7) is 12.1. The van der Waals surface area contributed by atoms with Crippen LogP contribution in [0.15, 0.2) is 11.3 Å². The van der Waals surface area contributed by atoms with Crippen LogP contribution in [0.4, 0.5) is 4.79 Å². The van der Waals surface area contributed by atoms with E-state index in [9.17, 15) is 4.79 Å². The summed E-state index contributed by atoms with van der Waals surface area (Å²) in [5.41, 5.74) is -0.466. The molecule has 0 bridgehead atoms. The van der Waals surface area contributed by atoms with Gasteiger partial charge >= 0.3 is 6.09 Å². The maximum Gasteiger partial charge on any atom is 0.410 e. The molecule has 3 rings (SSSR count). The first-order chi connectivity index (χ1) is 12.4. The molecule has 0 spiro atoms. The zero-order valence-corrected chi connectivity index (χ0v) is 16.1. The molecule has 2 aliphatic heterocycles. The van der Waals surface area contributed by atoms with E-state index in [1.807, 2.05) is 20.8 Å². The number of aromatic nitrogens is 3. The molecular formula is C17H29N7O2. The van der Waals surface area contributed by atoms with Crippen molar-refractivity contribution in [2.45, 2.75) is 52.3 Å². The van der Waals surface area contributed by atoms with Crippen LogP contribution in [0.5, 0.6) is 0 Å². The van der Waals surface area contributed by atoms with Gasteiger partial charge in [0.2, 0.25) is 0 Å². The number of carbonyl (C=O) groups excluding carboxylic acids is 1. The summed E-state index contributed by atoms with van der Waals surface area (Å²) in [6, 6.07) is 0.222. The van der Waals surface area contributed by atoms with Gasteiger partial charge in [-0.25, -0.2) is 4.79 Å². The van der Waals surface area contributed by atoms with Gasteiger partial charge in [-0.15, -0.1) is 10.2 Å². The van der Waals surface area contributed by atoms with Crippen molar-refractivity contribution in [3.8, 4) is 0 Å². The molecule has 1 N–H and O–H groups in total. The molecule has 1 aromatic heterocycles. The number of nitrogens with zero attached hydrogens (tertiary/aromatic N) is 6. The van der Waals surface area contributed by atoms with Crippen LogP contribution >= 0.6 is 0 Å². The molecule has 1 unspecified atom stereocenters. The highest BCUT2D eigenvalue weighted by molar-refractivity contribution is 5.82. The van der Waals surface area contributed by atoms with E-state index in [1.165, 1.54) is 0 Å². The summed E-state index contributed by atoms with van der Waals surface area (Å²) in [5.74, 6) is 1.91. The third-order valence-corrected chi connectivity index (χ3v) is 4.51. The van der Waals surface area contributed by atoms with Crippen molar-refractivity contribution in [2.24, 2.45) is 4.99 Å². The zero-order chi connectivity index (χ0) is 18.7. The lowest BCUT2D eigenvalue weighted by atomic mass is 10.2. The fourth-order valence-corrected chi connectivity index (χ4v) is 3.25. The van der Waals surface area contributed by atoms with Crippen molar-refractivity contribution in [3.63, 3.8) is 0 Å². The van der Waals surface area contributed by atoms with Gasteiger partial charge in [-0.3, -0.25) is 4.99 Å².